The van der Waals surface area contributed by atoms with Crippen molar-refractivity contribution in [3.05, 3.63) is 57.6 Å². The van der Waals surface area contributed by atoms with E-state index >= 15 is 0 Å². The van der Waals surface area contributed by atoms with Gasteiger partial charge < -0.3 is 30.3 Å². The van der Waals surface area contributed by atoms with E-state index in [1.54, 1.807) is 0 Å². The van der Waals surface area contributed by atoms with Crippen LogP contribution in [0.25, 0.3) is 0 Å². The standard InChI is InChI=1S/C20H18Cl2N2O8/c21-11-1-3-15(25)13(7-11)19(29)31-9-17(27)23-5-6-24-18(28)10-32-20(30)14-8-12(22)2-4-16(14)26/h1-4,7-8,25-26H,5-6,9-10H2,(H,23,27)(H,24,28). The van der Waals surface area contributed by atoms with Crippen LogP contribution in [-0.4, -0.2) is 60.3 Å². The average Bonchev–Trinajstić information content (AvgIpc) is 2.76. The lowest BCUT2D eigenvalue weighted by Crippen LogP contribution is -2.38. The van der Waals surface area contributed by atoms with Crippen LogP contribution in [0.15, 0.2) is 36.4 Å². The second-order valence-electron chi connectivity index (χ2n) is 6.18. The second-order valence-corrected chi connectivity index (χ2v) is 7.05. The van der Waals surface area contributed by atoms with Crippen LogP contribution in [-0.2, 0) is 19.1 Å². The monoisotopic (exact) mass is 484 g/mol. The summed E-state index contributed by atoms with van der Waals surface area (Å²) >= 11 is 11.5. The maximum atomic E-state index is 11.9. The largest absolute Gasteiger partial charge is 0.507 e. The Labute approximate surface area is 192 Å². The number of esters is 2. The molecule has 2 amide bonds. The summed E-state index contributed by atoms with van der Waals surface area (Å²) in [4.78, 5) is 47.2. The summed E-state index contributed by atoms with van der Waals surface area (Å²) in [5.41, 5.74) is -0.364. The molecule has 0 saturated heterocycles. The van der Waals surface area contributed by atoms with Gasteiger partial charge in [-0.15, -0.1) is 0 Å². The number of nitrogens with one attached hydrogen (secondary N) is 2. The van der Waals surface area contributed by atoms with E-state index in [-0.39, 0.29) is 45.8 Å². The summed E-state index contributed by atoms with van der Waals surface area (Å²) in [5.74, 6) is -3.82. The Balaban J connectivity index is 1.64. The van der Waals surface area contributed by atoms with Crippen LogP contribution in [0, 0.1) is 0 Å². The molecule has 0 aliphatic heterocycles. The molecule has 0 fully saturated rings. The van der Waals surface area contributed by atoms with Crippen molar-refractivity contribution in [1.29, 1.82) is 0 Å². The smallest absolute Gasteiger partial charge is 0.342 e. The van der Waals surface area contributed by atoms with Gasteiger partial charge in [0.05, 0.1) is 0 Å². The van der Waals surface area contributed by atoms with E-state index in [1.807, 2.05) is 0 Å². The first kappa shape index (κ1) is 24.8. The van der Waals surface area contributed by atoms with Gasteiger partial charge in [0.25, 0.3) is 11.8 Å². The van der Waals surface area contributed by atoms with Gasteiger partial charge in [0, 0.05) is 23.1 Å². The number of rotatable bonds is 9. The highest BCUT2D eigenvalue weighted by Crippen LogP contribution is 2.23. The summed E-state index contributed by atoms with van der Waals surface area (Å²) in [5, 5.41) is 24.5. The maximum absolute atomic E-state index is 11.9. The summed E-state index contributed by atoms with van der Waals surface area (Å²) in [7, 11) is 0. The third kappa shape index (κ3) is 7.64. The Morgan fingerprint density at radius 3 is 1.47 bits per heavy atom. The molecular formula is C20H18Cl2N2O8. The number of carbonyl (C=O) groups excluding carboxylic acids is 4. The van der Waals surface area contributed by atoms with Crippen LogP contribution in [0.2, 0.25) is 10.0 Å². The molecule has 0 radical (unpaired) electrons. The number of phenols is 2. The molecule has 0 aliphatic rings. The van der Waals surface area contributed by atoms with Crippen molar-refractivity contribution in [2.24, 2.45) is 0 Å². The van der Waals surface area contributed by atoms with Crippen molar-refractivity contribution >= 4 is 47.0 Å². The molecule has 0 saturated carbocycles. The van der Waals surface area contributed by atoms with E-state index in [0.29, 0.717) is 0 Å². The number of amides is 2. The average molecular weight is 485 g/mol. The Hall–Kier alpha value is -3.50. The van der Waals surface area contributed by atoms with Crippen LogP contribution in [0.4, 0.5) is 0 Å². The maximum Gasteiger partial charge on any atom is 0.342 e. The first-order valence-corrected chi connectivity index (χ1v) is 9.77. The number of aromatic hydroxyl groups is 2. The number of hydrogen-bond acceptors (Lipinski definition) is 8. The van der Waals surface area contributed by atoms with Gasteiger partial charge >= 0.3 is 11.9 Å². The highest BCUT2D eigenvalue weighted by molar-refractivity contribution is 6.31. The van der Waals surface area contributed by atoms with Crippen molar-refractivity contribution in [2.45, 2.75) is 0 Å². The Kier molecular flexibility index (Phi) is 9.11. The number of halogens is 2. The van der Waals surface area contributed by atoms with Crippen molar-refractivity contribution in [1.82, 2.24) is 10.6 Å². The molecule has 0 aromatic heterocycles. The molecule has 2 rings (SSSR count). The molecule has 0 heterocycles. The minimum atomic E-state index is -0.930. The van der Waals surface area contributed by atoms with E-state index < -0.39 is 37.0 Å². The molecule has 0 spiro atoms. The molecule has 32 heavy (non-hydrogen) atoms. The van der Waals surface area contributed by atoms with E-state index in [4.69, 9.17) is 32.7 Å². The molecule has 0 atom stereocenters. The van der Waals surface area contributed by atoms with Gasteiger partial charge in [-0.05, 0) is 36.4 Å². The quantitative estimate of drug-likeness (QED) is 0.309. The van der Waals surface area contributed by atoms with Gasteiger partial charge in [-0.3, -0.25) is 9.59 Å². The zero-order valence-electron chi connectivity index (χ0n) is 16.4. The normalized spacial score (nSPS) is 10.2. The number of ether oxygens (including phenoxy) is 2. The van der Waals surface area contributed by atoms with E-state index in [9.17, 15) is 29.4 Å². The predicted molar refractivity (Wildman–Crippen MR) is 113 cm³/mol. The van der Waals surface area contributed by atoms with Gasteiger partial charge in [0.2, 0.25) is 0 Å². The van der Waals surface area contributed by atoms with E-state index in [1.165, 1.54) is 36.4 Å². The lowest BCUT2D eigenvalue weighted by atomic mass is 10.2. The van der Waals surface area contributed by atoms with Crippen LogP contribution in [0.5, 0.6) is 11.5 Å². The summed E-state index contributed by atoms with van der Waals surface area (Å²) < 4.78 is 9.57. The first-order chi connectivity index (χ1) is 15.2. The molecule has 12 heteroatoms. The van der Waals surface area contributed by atoms with Crippen molar-refractivity contribution < 1.29 is 38.9 Å². The topological polar surface area (TPSA) is 151 Å². The van der Waals surface area contributed by atoms with Crippen LogP contribution >= 0.6 is 23.2 Å². The molecule has 0 unspecified atom stereocenters. The fourth-order valence-corrected chi connectivity index (χ4v) is 2.61. The van der Waals surface area contributed by atoms with Crippen LogP contribution < -0.4 is 10.6 Å². The molecule has 2 aromatic rings. The molecule has 2 aromatic carbocycles. The highest BCUT2D eigenvalue weighted by atomic mass is 35.5. The van der Waals surface area contributed by atoms with Gasteiger partial charge in [0.15, 0.2) is 13.2 Å². The lowest BCUT2D eigenvalue weighted by Gasteiger charge is -2.09. The SMILES string of the molecule is O=C(COC(=O)c1cc(Cl)ccc1O)NCCNC(=O)COC(=O)c1cc(Cl)ccc1O. The fraction of sp³-hybridized carbons (Fsp3) is 0.200. The zero-order chi connectivity index (χ0) is 23.7. The first-order valence-electron chi connectivity index (χ1n) is 9.02. The molecule has 170 valence electrons. The Bertz CT molecular complexity index is 947. The number of phenolic OH excluding ortho intramolecular Hbond substituents is 2. The van der Waals surface area contributed by atoms with Crippen LogP contribution in [0.1, 0.15) is 20.7 Å². The van der Waals surface area contributed by atoms with Gasteiger partial charge in [-0.1, -0.05) is 23.2 Å². The lowest BCUT2D eigenvalue weighted by molar-refractivity contribution is -0.125. The van der Waals surface area contributed by atoms with Gasteiger partial charge in [-0.2, -0.15) is 0 Å². The molecule has 0 aliphatic carbocycles. The van der Waals surface area contributed by atoms with Crippen LogP contribution in [0.3, 0.4) is 0 Å². The second kappa shape index (κ2) is 11.8. The number of hydrogen-bond donors (Lipinski definition) is 4. The minimum Gasteiger partial charge on any atom is -0.507 e. The van der Waals surface area contributed by atoms with Crippen molar-refractivity contribution in [2.75, 3.05) is 26.3 Å². The molecule has 4 N–H and O–H groups in total. The fourth-order valence-electron chi connectivity index (χ4n) is 2.27. The third-order valence-electron chi connectivity index (χ3n) is 3.80. The highest BCUT2D eigenvalue weighted by Gasteiger charge is 2.16. The number of benzene rings is 2. The van der Waals surface area contributed by atoms with E-state index in [2.05, 4.69) is 10.6 Å². The van der Waals surface area contributed by atoms with Gasteiger partial charge in [-0.25, -0.2) is 9.59 Å². The summed E-state index contributed by atoms with van der Waals surface area (Å²) in [6, 6.07) is 7.61. The molecule has 0 bridgehead atoms. The summed E-state index contributed by atoms with van der Waals surface area (Å²) in [6.45, 7) is -1.21. The Morgan fingerprint density at radius 1 is 0.719 bits per heavy atom. The summed E-state index contributed by atoms with van der Waals surface area (Å²) in [6.07, 6.45) is 0. The zero-order valence-corrected chi connectivity index (χ0v) is 17.9. The molecule has 10 nitrogen and oxygen atoms in total. The number of carbonyl (C=O) groups is 4. The van der Waals surface area contributed by atoms with Crippen molar-refractivity contribution in [3.8, 4) is 11.5 Å². The van der Waals surface area contributed by atoms with Gasteiger partial charge in [0.1, 0.15) is 22.6 Å². The van der Waals surface area contributed by atoms with Crippen molar-refractivity contribution in [3.63, 3.8) is 0 Å². The van der Waals surface area contributed by atoms with E-state index in [0.717, 1.165) is 0 Å². The Morgan fingerprint density at radius 2 is 1.09 bits per heavy atom. The third-order valence-corrected chi connectivity index (χ3v) is 4.27. The minimum absolute atomic E-state index is 0.00751. The predicted octanol–water partition coefficient (Wildman–Crippen LogP) is 1.65. The molecular weight excluding hydrogens is 467 g/mol.